The molecule has 0 aromatic carbocycles. The minimum atomic E-state index is 0.205. The highest BCUT2D eigenvalue weighted by Crippen LogP contribution is 2.21. The van der Waals surface area contributed by atoms with Crippen LogP contribution in [0.1, 0.15) is 37.7 Å². The lowest BCUT2D eigenvalue weighted by Crippen LogP contribution is -1.98. The van der Waals surface area contributed by atoms with Gasteiger partial charge in [-0.05, 0) is 26.0 Å². The highest BCUT2D eigenvalue weighted by Gasteiger charge is 2.10. The van der Waals surface area contributed by atoms with Gasteiger partial charge in [0.2, 0.25) is 0 Å². The minimum absolute atomic E-state index is 0.205. The summed E-state index contributed by atoms with van der Waals surface area (Å²) in [5.41, 5.74) is 0. The molecule has 0 aliphatic rings. The van der Waals surface area contributed by atoms with Crippen LogP contribution in [0.4, 0.5) is 0 Å². The third-order valence-electron chi connectivity index (χ3n) is 1.84. The van der Waals surface area contributed by atoms with Gasteiger partial charge in [0.05, 0.1) is 0 Å². The molecule has 0 saturated heterocycles. The van der Waals surface area contributed by atoms with Crippen LogP contribution in [0.5, 0.6) is 0 Å². The number of Topliss-reactive ketones (excluding diaryl/α,β-unsaturated/α-hetero) is 1. The molecular weight excluding hydrogens is 152 g/mol. The zero-order valence-electron chi connectivity index (χ0n) is 7.76. The van der Waals surface area contributed by atoms with Gasteiger partial charge in [0.25, 0.3) is 0 Å². The van der Waals surface area contributed by atoms with Crippen molar-refractivity contribution in [2.45, 2.75) is 33.1 Å². The van der Waals surface area contributed by atoms with Crippen molar-refractivity contribution in [3.05, 3.63) is 23.7 Å². The summed E-state index contributed by atoms with van der Waals surface area (Å²) in [6, 6.07) is 3.86. The van der Waals surface area contributed by atoms with Crippen LogP contribution in [-0.2, 0) is 4.79 Å². The van der Waals surface area contributed by atoms with Gasteiger partial charge in [-0.2, -0.15) is 0 Å². The molecule has 0 spiro atoms. The molecule has 0 fully saturated rings. The van der Waals surface area contributed by atoms with E-state index in [0.717, 1.165) is 11.5 Å². The Kier molecular flexibility index (Phi) is 2.69. The van der Waals surface area contributed by atoms with Crippen LogP contribution in [-0.4, -0.2) is 5.78 Å². The maximum Gasteiger partial charge on any atom is 0.130 e. The van der Waals surface area contributed by atoms with Gasteiger partial charge in [-0.3, -0.25) is 0 Å². The predicted octanol–water partition coefficient (Wildman–Crippen LogP) is 2.67. The topological polar surface area (TPSA) is 30.2 Å². The Labute approximate surface area is 72.6 Å². The maximum atomic E-state index is 10.8. The zero-order chi connectivity index (χ0) is 9.14. The van der Waals surface area contributed by atoms with E-state index in [2.05, 4.69) is 0 Å². The lowest BCUT2D eigenvalue weighted by Gasteiger charge is -2.04. The molecule has 2 nitrogen and oxygen atoms in total. The number of hydrogen-bond acceptors (Lipinski definition) is 2. The van der Waals surface area contributed by atoms with Crippen LogP contribution in [0, 0.1) is 6.92 Å². The summed E-state index contributed by atoms with van der Waals surface area (Å²) in [6.07, 6.45) is 0.562. The summed E-state index contributed by atoms with van der Waals surface area (Å²) in [7, 11) is 0. The van der Waals surface area contributed by atoms with Crippen LogP contribution >= 0.6 is 0 Å². The third-order valence-corrected chi connectivity index (χ3v) is 1.84. The number of aryl methyl sites for hydroxylation is 1. The fourth-order valence-electron chi connectivity index (χ4n) is 1.25. The Morgan fingerprint density at radius 3 is 2.67 bits per heavy atom. The van der Waals surface area contributed by atoms with E-state index in [-0.39, 0.29) is 11.7 Å². The van der Waals surface area contributed by atoms with Gasteiger partial charge >= 0.3 is 0 Å². The fraction of sp³-hybridized carbons (Fsp3) is 0.500. The largest absolute Gasteiger partial charge is 0.466 e. The zero-order valence-corrected chi connectivity index (χ0v) is 7.76. The summed E-state index contributed by atoms with van der Waals surface area (Å²) < 4.78 is 5.39. The highest BCUT2D eigenvalue weighted by atomic mass is 16.3. The van der Waals surface area contributed by atoms with Gasteiger partial charge in [0, 0.05) is 12.3 Å². The van der Waals surface area contributed by atoms with Gasteiger partial charge < -0.3 is 9.21 Å². The Hall–Kier alpha value is -1.05. The molecule has 0 bridgehead atoms. The highest BCUT2D eigenvalue weighted by molar-refractivity contribution is 5.76. The average Bonchev–Trinajstić information content (AvgIpc) is 2.34. The first-order chi connectivity index (χ1) is 5.59. The van der Waals surface area contributed by atoms with Gasteiger partial charge in [-0.15, -0.1) is 0 Å². The summed E-state index contributed by atoms with van der Waals surface area (Å²) in [5, 5.41) is 0. The molecule has 0 saturated carbocycles. The SMILES string of the molecule is CC(=O)CC(C)c1ccc(C)o1. The van der Waals surface area contributed by atoms with E-state index >= 15 is 0 Å². The van der Waals surface area contributed by atoms with Crippen molar-refractivity contribution in [1.29, 1.82) is 0 Å². The van der Waals surface area contributed by atoms with E-state index < -0.39 is 0 Å². The molecule has 1 heterocycles. The monoisotopic (exact) mass is 166 g/mol. The molecule has 12 heavy (non-hydrogen) atoms. The Morgan fingerprint density at radius 1 is 1.58 bits per heavy atom. The molecular formula is C10H14O2. The van der Waals surface area contributed by atoms with Crippen LogP contribution in [0.25, 0.3) is 0 Å². The molecule has 0 N–H and O–H groups in total. The number of carbonyl (C=O) groups is 1. The van der Waals surface area contributed by atoms with E-state index in [4.69, 9.17) is 4.42 Å². The molecule has 1 unspecified atom stereocenters. The van der Waals surface area contributed by atoms with Crippen molar-refractivity contribution >= 4 is 5.78 Å². The van der Waals surface area contributed by atoms with Gasteiger partial charge in [0.15, 0.2) is 0 Å². The normalized spacial score (nSPS) is 12.9. The van der Waals surface area contributed by atoms with Crippen molar-refractivity contribution < 1.29 is 9.21 Å². The Bertz CT molecular complexity index is 273. The predicted molar refractivity (Wildman–Crippen MR) is 47.2 cm³/mol. The molecule has 1 aromatic heterocycles. The Morgan fingerprint density at radius 2 is 2.25 bits per heavy atom. The first-order valence-electron chi connectivity index (χ1n) is 4.15. The van der Waals surface area contributed by atoms with Crippen molar-refractivity contribution in [1.82, 2.24) is 0 Å². The average molecular weight is 166 g/mol. The summed E-state index contributed by atoms with van der Waals surface area (Å²) in [6.45, 7) is 5.51. The number of furan rings is 1. The summed E-state index contributed by atoms with van der Waals surface area (Å²) in [5.74, 6) is 2.22. The van der Waals surface area contributed by atoms with Crippen LogP contribution in [0.2, 0.25) is 0 Å². The molecule has 66 valence electrons. The molecule has 0 aliphatic carbocycles. The molecule has 1 rings (SSSR count). The van der Waals surface area contributed by atoms with Crippen molar-refractivity contribution in [3.8, 4) is 0 Å². The second-order valence-corrected chi connectivity index (χ2v) is 3.26. The molecule has 1 atom stereocenters. The van der Waals surface area contributed by atoms with Crippen molar-refractivity contribution in [2.75, 3.05) is 0 Å². The van der Waals surface area contributed by atoms with Crippen molar-refractivity contribution in [2.24, 2.45) is 0 Å². The standard InChI is InChI=1S/C10H14O2/c1-7(6-8(2)11)10-5-4-9(3)12-10/h4-5,7H,6H2,1-3H3. The smallest absolute Gasteiger partial charge is 0.130 e. The van der Waals surface area contributed by atoms with Gasteiger partial charge in [-0.1, -0.05) is 6.92 Å². The summed E-state index contributed by atoms with van der Waals surface area (Å²) in [4.78, 5) is 10.8. The lowest BCUT2D eigenvalue weighted by molar-refractivity contribution is -0.117. The molecule has 2 heteroatoms. The van der Waals surface area contributed by atoms with E-state index in [0.29, 0.717) is 6.42 Å². The van der Waals surface area contributed by atoms with Gasteiger partial charge in [0.1, 0.15) is 17.3 Å². The Balaban J connectivity index is 2.64. The fourth-order valence-corrected chi connectivity index (χ4v) is 1.25. The maximum absolute atomic E-state index is 10.8. The quantitative estimate of drug-likeness (QED) is 0.691. The second-order valence-electron chi connectivity index (χ2n) is 3.26. The minimum Gasteiger partial charge on any atom is -0.466 e. The third kappa shape index (κ3) is 2.22. The molecule has 0 radical (unpaired) electrons. The van der Waals surface area contributed by atoms with E-state index in [9.17, 15) is 4.79 Å². The van der Waals surface area contributed by atoms with Crippen LogP contribution in [0.15, 0.2) is 16.5 Å². The lowest BCUT2D eigenvalue weighted by atomic mass is 10.0. The van der Waals surface area contributed by atoms with E-state index in [1.165, 1.54) is 0 Å². The number of carbonyl (C=O) groups excluding carboxylic acids is 1. The second kappa shape index (κ2) is 3.57. The first kappa shape index (κ1) is 9.04. The van der Waals surface area contributed by atoms with E-state index in [1.54, 1.807) is 6.92 Å². The van der Waals surface area contributed by atoms with Crippen molar-refractivity contribution in [3.63, 3.8) is 0 Å². The number of hydrogen-bond donors (Lipinski definition) is 0. The van der Waals surface area contributed by atoms with E-state index in [1.807, 2.05) is 26.0 Å². The summed E-state index contributed by atoms with van der Waals surface area (Å²) >= 11 is 0. The first-order valence-corrected chi connectivity index (χ1v) is 4.15. The number of rotatable bonds is 3. The van der Waals surface area contributed by atoms with Crippen LogP contribution < -0.4 is 0 Å². The molecule has 0 amide bonds. The molecule has 1 aromatic rings. The van der Waals surface area contributed by atoms with Crippen LogP contribution in [0.3, 0.4) is 0 Å². The van der Waals surface area contributed by atoms with Gasteiger partial charge in [-0.25, -0.2) is 0 Å². The molecule has 0 aliphatic heterocycles. The number of ketones is 1.